The van der Waals surface area contributed by atoms with E-state index in [2.05, 4.69) is 15.6 Å². The third-order valence-electron chi connectivity index (χ3n) is 4.63. The molecule has 0 radical (unpaired) electrons. The molecular weight excluding hydrogens is 442 g/mol. The average molecular weight is 464 g/mol. The van der Waals surface area contributed by atoms with Gasteiger partial charge in [-0.05, 0) is 29.6 Å². The Morgan fingerprint density at radius 3 is 2.73 bits per heavy atom. The van der Waals surface area contributed by atoms with Crippen LogP contribution in [0.3, 0.4) is 0 Å². The van der Waals surface area contributed by atoms with Crippen molar-refractivity contribution in [3.8, 4) is 11.5 Å². The molecule has 9 heteroatoms. The zero-order valence-corrected chi connectivity index (χ0v) is 18.3. The normalized spacial score (nSPS) is 10.6. The molecule has 4 rings (SSSR count). The van der Waals surface area contributed by atoms with Crippen LogP contribution in [0.1, 0.15) is 15.9 Å². The van der Waals surface area contributed by atoms with Crippen molar-refractivity contribution in [3.63, 3.8) is 0 Å². The molecule has 0 spiro atoms. The Balaban J connectivity index is 1.42. The molecule has 3 N–H and O–H groups in total. The summed E-state index contributed by atoms with van der Waals surface area (Å²) in [4.78, 5) is 28.3. The summed E-state index contributed by atoms with van der Waals surface area (Å²) in [5.41, 5.74) is 2.09. The summed E-state index contributed by atoms with van der Waals surface area (Å²) in [5.74, 6) is 0.743. The van der Waals surface area contributed by atoms with E-state index < -0.39 is 6.09 Å². The molecule has 0 aliphatic heterocycles. The highest BCUT2D eigenvalue weighted by Gasteiger charge is 2.13. The molecule has 0 aliphatic carbocycles. The summed E-state index contributed by atoms with van der Waals surface area (Å²) in [6, 6.07) is 16.1. The van der Waals surface area contributed by atoms with Gasteiger partial charge in [-0.25, -0.2) is 4.79 Å². The fourth-order valence-electron chi connectivity index (χ4n) is 3.07. The van der Waals surface area contributed by atoms with Crippen molar-refractivity contribution >= 4 is 39.1 Å². The van der Waals surface area contributed by atoms with Crippen LogP contribution in [0.2, 0.25) is 0 Å². The van der Waals surface area contributed by atoms with Crippen molar-refractivity contribution in [2.75, 3.05) is 18.5 Å². The van der Waals surface area contributed by atoms with Crippen molar-refractivity contribution in [2.24, 2.45) is 0 Å². The monoisotopic (exact) mass is 463 g/mol. The molecule has 2 aromatic carbocycles. The lowest BCUT2D eigenvalue weighted by molar-refractivity contribution is 0.102. The lowest BCUT2D eigenvalue weighted by Crippen LogP contribution is -2.29. The number of fused-ring (bicyclic) bond motifs is 1. The predicted octanol–water partition coefficient (Wildman–Crippen LogP) is 4.21. The molecule has 0 saturated heterocycles. The number of aliphatic hydroxyl groups is 1. The van der Waals surface area contributed by atoms with Crippen molar-refractivity contribution in [1.29, 1.82) is 0 Å². The molecule has 2 aromatic heterocycles. The van der Waals surface area contributed by atoms with Gasteiger partial charge in [0.15, 0.2) is 5.75 Å². The minimum Gasteiger partial charge on any atom is -0.489 e. The second kappa shape index (κ2) is 10.6. The van der Waals surface area contributed by atoms with Crippen molar-refractivity contribution in [3.05, 3.63) is 83.5 Å². The topological polar surface area (TPSA) is 110 Å². The average Bonchev–Trinajstić information content (AvgIpc) is 3.26. The maximum atomic E-state index is 12.4. The van der Waals surface area contributed by atoms with Gasteiger partial charge in [-0.3, -0.25) is 9.78 Å². The number of nitrogens with one attached hydrogen (secondary N) is 2. The summed E-state index contributed by atoms with van der Waals surface area (Å²) in [6.45, 7) is 0.212. The first-order valence-electron chi connectivity index (χ1n) is 10.1. The van der Waals surface area contributed by atoms with Gasteiger partial charge in [-0.15, -0.1) is 11.3 Å². The van der Waals surface area contributed by atoms with E-state index in [1.165, 1.54) is 17.5 Å². The Kier molecular flexibility index (Phi) is 7.13. The molecule has 0 unspecified atom stereocenters. The van der Waals surface area contributed by atoms with E-state index in [1.807, 2.05) is 29.6 Å². The summed E-state index contributed by atoms with van der Waals surface area (Å²) in [5, 5.41) is 16.9. The molecule has 0 fully saturated rings. The highest BCUT2D eigenvalue weighted by Crippen LogP contribution is 2.33. The van der Waals surface area contributed by atoms with E-state index in [-0.39, 0.29) is 25.7 Å². The van der Waals surface area contributed by atoms with E-state index >= 15 is 0 Å². The van der Waals surface area contributed by atoms with Crippen molar-refractivity contribution in [2.45, 2.75) is 6.61 Å². The van der Waals surface area contributed by atoms with Crippen LogP contribution in [0.25, 0.3) is 10.1 Å². The van der Waals surface area contributed by atoms with Crippen LogP contribution in [0.4, 0.5) is 10.5 Å². The van der Waals surface area contributed by atoms with E-state index in [0.717, 1.165) is 15.6 Å². The second-order valence-electron chi connectivity index (χ2n) is 6.95. The minimum absolute atomic E-state index is 0.108. The number of amides is 2. The smallest absolute Gasteiger partial charge is 0.412 e. The lowest BCUT2D eigenvalue weighted by atomic mass is 10.2. The zero-order valence-electron chi connectivity index (χ0n) is 17.5. The molecule has 0 atom stereocenters. The number of thiophene rings is 1. The minimum atomic E-state index is -0.654. The Morgan fingerprint density at radius 1 is 1.06 bits per heavy atom. The highest BCUT2D eigenvalue weighted by atomic mass is 32.1. The van der Waals surface area contributed by atoms with Gasteiger partial charge < -0.3 is 25.2 Å². The van der Waals surface area contributed by atoms with E-state index in [1.54, 1.807) is 36.5 Å². The number of aliphatic hydroxyl groups excluding tert-OH is 1. The number of hydrogen-bond donors (Lipinski definition) is 3. The standard InChI is InChI=1S/C24H21N3O5S/c28-10-9-26-24(30)32-21-13-25-12-20-17(15-33-22(20)21)14-31-19-8-4-7-18(11-19)27-23(29)16-5-2-1-3-6-16/h1-8,11-13,15,28H,9-10,14H2,(H,26,30)(H,27,29). The number of nitrogens with zero attached hydrogens (tertiary/aromatic N) is 1. The number of aromatic nitrogens is 1. The third kappa shape index (κ3) is 5.65. The lowest BCUT2D eigenvalue weighted by Gasteiger charge is -2.09. The van der Waals surface area contributed by atoms with Crippen LogP contribution in [0.15, 0.2) is 72.4 Å². The number of ether oxygens (including phenoxy) is 2. The zero-order chi connectivity index (χ0) is 23.0. The SMILES string of the molecule is O=C(NCCO)Oc1cncc2c(COc3cccc(NC(=O)c4ccccc4)c3)csc12. The van der Waals surface area contributed by atoms with E-state index in [9.17, 15) is 9.59 Å². The Bertz CT molecular complexity index is 1260. The number of rotatable bonds is 8. The molecule has 2 heterocycles. The Morgan fingerprint density at radius 2 is 1.91 bits per heavy atom. The van der Waals surface area contributed by atoms with Crippen LogP contribution < -0.4 is 20.1 Å². The van der Waals surface area contributed by atoms with Crippen LogP contribution >= 0.6 is 11.3 Å². The summed E-state index contributed by atoms with van der Waals surface area (Å²) < 4.78 is 12.0. The van der Waals surface area contributed by atoms with Gasteiger partial charge in [0.05, 0.1) is 17.5 Å². The maximum absolute atomic E-state index is 12.4. The number of carbonyl (C=O) groups is 2. The number of pyridine rings is 1. The summed E-state index contributed by atoms with van der Waals surface area (Å²) in [6.07, 6.45) is 2.51. The summed E-state index contributed by atoms with van der Waals surface area (Å²) >= 11 is 1.42. The van der Waals surface area contributed by atoms with E-state index in [4.69, 9.17) is 14.6 Å². The van der Waals surface area contributed by atoms with Gasteiger partial charge in [0.25, 0.3) is 5.91 Å². The maximum Gasteiger partial charge on any atom is 0.412 e. The second-order valence-corrected chi connectivity index (χ2v) is 7.83. The van der Waals surface area contributed by atoms with Gasteiger partial charge >= 0.3 is 6.09 Å². The molecule has 168 valence electrons. The fraction of sp³-hybridized carbons (Fsp3) is 0.125. The van der Waals surface area contributed by atoms with Crippen molar-refractivity contribution in [1.82, 2.24) is 10.3 Å². The Labute approximate surface area is 193 Å². The third-order valence-corrected chi connectivity index (χ3v) is 5.69. The molecule has 0 aliphatic rings. The fourth-order valence-corrected chi connectivity index (χ4v) is 4.05. The van der Waals surface area contributed by atoms with Crippen LogP contribution in [-0.4, -0.2) is 35.2 Å². The van der Waals surface area contributed by atoms with Crippen molar-refractivity contribution < 1.29 is 24.2 Å². The first-order valence-corrected chi connectivity index (χ1v) is 11.0. The molecule has 4 aromatic rings. The van der Waals surface area contributed by atoms with Gasteiger partial charge in [0, 0.05) is 41.0 Å². The molecule has 0 bridgehead atoms. The molecule has 8 nitrogen and oxygen atoms in total. The van der Waals surface area contributed by atoms with Crippen LogP contribution in [0, 0.1) is 0 Å². The first kappa shape index (κ1) is 22.3. The summed E-state index contributed by atoms with van der Waals surface area (Å²) in [7, 11) is 0. The Hall–Kier alpha value is -3.95. The van der Waals surface area contributed by atoms with Gasteiger partial charge in [0.2, 0.25) is 0 Å². The predicted molar refractivity (Wildman–Crippen MR) is 126 cm³/mol. The van der Waals surface area contributed by atoms with E-state index in [0.29, 0.717) is 22.7 Å². The van der Waals surface area contributed by atoms with Gasteiger partial charge in [0.1, 0.15) is 12.4 Å². The largest absolute Gasteiger partial charge is 0.489 e. The molecule has 2 amide bonds. The number of benzene rings is 2. The highest BCUT2D eigenvalue weighted by molar-refractivity contribution is 7.17. The number of carbonyl (C=O) groups excluding carboxylic acids is 2. The first-order chi connectivity index (χ1) is 16.1. The molecular formula is C24H21N3O5S. The van der Waals surface area contributed by atoms with Crippen LogP contribution in [0.5, 0.6) is 11.5 Å². The van der Waals surface area contributed by atoms with Gasteiger partial charge in [-0.2, -0.15) is 0 Å². The number of hydrogen-bond acceptors (Lipinski definition) is 7. The van der Waals surface area contributed by atoms with Crippen LogP contribution in [-0.2, 0) is 6.61 Å². The molecule has 0 saturated carbocycles. The molecule has 33 heavy (non-hydrogen) atoms. The quantitative estimate of drug-likeness (QED) is 0.361. The van der Waals surface area contributed by atoms with Gasteiger partial charge in [-0.1, -0.05) is 24.3 Å². The number of anilines is 1.